The van der Waals surface area contributed by atoms with Crippen LogP contribution in [0.15, 0.2) is 0 Å². The van der Waals surface area contributed by atoms with Crippen LogP contribution < -0.4 is 10.6 Å². The van der Waals surface area contributed by atoms with E-state index in [1.54, 1.807) is 0 Å². The summed E-state index contributed by atoms with van der Waals surface area (Å²) in [5, 5.41) is 6.46. The van der Waals surface area contributed by atoms with E-state index in [4.69, 9.17) is 0 Å². The second-order valence-electron chi connectivity index (χ2n) is 4.07. The lowest BCUT2D eigenvalue weighted by molar-refractivity contribution is 0.211. The van der Waals surface area contributed by atoms with Gasteiger partial charge in [0.25, 0.3) is 0 Å². The zero-order chi connectivity index (χ0) is 9.52. The van der Waals surface area contributed by atoms with Crippen LogP contribution in [0, 0.1) is 5.92 Å². The van der Waals surface area contributed by atoms with Gasteiger partial charge in [0.15, 0.2) is 0 Å². The largest absolute Gasteiger partial charge is 0.308 e. The van der Waals surface area contributed by atoms with E-state index in [1.807, 2.05) is 7.05 Å². The van der Waals surface area contributed by atoms with E-state index in [-0.39, 0.29) is 0 Å². The highest BCUT2D eigenvalue weighted by Crippen LogP contribution is 2.18. The van der Waals surface area contributed by atoms with Crippen LogP contribution in [0.4, 0.5) is 0 Å². The molecular formula is C10H23N3. The second-order valence-corrected chi connectivity index (χ2v) is 4.07. The fourth-order valence-electron chi connectivity index (χ4n) is 1.87. The number of piperidine rings is 1. The van der Waals surface area contributed by atoms with Crippen molar-refractivity contribution in [1.82, 2.24) is 15.5 Å². The van der Waals surface area contributed by atoms with Crippen molar-refractivity contribution in [3.8, 4) is 0 Å². The summed E-state index contributed by atoms with van der Waals surface area (Å²) in [7, 11) is 4.19. The van der Waals surface area contributed by atoms with Crippen LogP contribution in [0.25, 0.3) is 0 Å². The van der Waals surface area contributed by atoms with Crippen LogP contribution in [0.2, 0.25) is 0 Å². The first-order valence-corrected chi connectivity index (χ1v) is 5.37. The third-order valence-electron chi connectivity index (χ3n) is 2.87. The number of rotatable bonds is 5. The van der Waals surface area contributed by atoms with Gasteiger partial charge < -0.3 is 15.5 Å². The Labute approximate surface area is 81.9 Å². The van der Waals surface area contributed by atoms with Crippen LogP contribution in [0.1, 0.15) is 19.3 Å². The van der Waals surface area contributed by atoms with Crippen LogP contribution >= 0.6 is 0 Å². The molecule has 0 atom stereocenters. The number of nitrogens with one attached hydrogen (secondary N) is 2. The summed E-state index contributed by atoms with van der Waals surface area (Å²) in [6, 6.07) is 0. The number of hydrogen-bond donors (Lipinski definition) is 2. The van der Waals surface area contributed by atoms with E-state index < -0.39 is 0 Å². The van der Waals surface area contributed by atoms with Gasteiger partial charge in [0.05, 0.1) is 0 Å². The molecule has 0 bridgehead atoms. The highest BCUT2D eigenvalue weighted by molar-refractivity contribution is 4.70. The monoisotopic (exact) mass is 185 g/mol. The molecule has 1 aliphatic rings. The molecule has 1 fully saturated rings. The Morgan fingerprint density at radius 1 is 1.31 bits per heavy atom. The van der Waals surface area contributed by atoms with Crippen molar-refractivity contribution in [3.05, 3.63) is 0 Å². The maximum absolute atomic E-state index is 3.37. The maximum Gasteiger partial charge on any atom is 0.0451 e. The van der Waals surface area contributed by atoms with Gasteiger partial charge in [-0.05, 0) is 58.9 Å². The minimum atomic E-state index is 0.937. The molecule has 1 saturated heterocycles. The second kappa shape index (κ2) is 6.35. The summed E-state index contributed by atoms with van der Waals surface area (Å²) in [6.07, 6.45) is 4.12. The van der Waals surface area contributed by atoms with Crippen molar-refractivity contribution in [3.63, 3.8) is 0 Å². The zero-order valence-electron chi connectivity index (χ0n) is 8.97. The predicted molar refractivity (Wildman–Crippen MR) is 56.8 cm³/mol. The van der Waals surface area contributed by atoms with Gasteiger partial charge in [-0.15, -0.1) is 0 Å². The Balaban J connectivity index is 1.96. The van der Waals surface area contributed by atoms with Crippen LogP contribution in [-0.2, 0) is 0 Å². The molecule has 0 spiro atoms. The zero-order valence-corrected chi connectivity index (χ0v) is 8.97. The highest BCUT2D eigenvalue weighted by atomic mass is 15.1. The molecule has 0 unspecified atom stereocenters. The summed E-state index contributed by atoms with van der Waals surface area (Å²) >= 11 is 0. The summed E-state index contributed by atoms with van der Waals surface area (Å²) in [4.78, 5) is 2.43. The van der Waals surface area contributed by atoms with E-state index in [0.717, 1.165) is 19.1 Å². The summed E-state index contributed by atoms with van der Waals surface area (Å²) in [5.74, 6) is 0.959. The smallest absolute Gasteiger partial charge is 0.0451 e. The highest BCUT2D eigenvalue weighted by Gasteiger charge is 2.15. The molecule has 0 saturated carbocycles. The van der Waals surface area contributed by atoms with E-state index in [1.165, 1.54) is 32.4 Å². The summed E-state index contributed by atoms with van der Waals surface area (Å²) < 4.78 is 0. The molecule has 0 radical (unpaired) electrons. The van der Waals surface area contributed by atoms with Gasteiger partial charge in [-0.3, -0.25) is 0 Å². The third kappa shape index (κ3) is 4.60. The lowest BCUT2D eigenvalue weighted by atomic mass is 9.94. The lowest BCUT2D eigenvalue weighted by Gasteiger charge is -2.28. The fourth-order valence-corrected chi connectivity index (χ4v) is 1.87. The first kappa shape index (κ1) is 11.0. The van der Waals surface area contributed by atoms with Crippen LogP contribution in [0.5, 0.6) is 0 Å². The van der Waals surface area contributed by atoms with Gasteiger partial charge in [0.2, 0.25) is 0 Å². The summed E-state index contributed by atoms with van der Waals surface area (Å²) in [5.41, 5.74) is 0. The minimum Gasteiger partial charge on any atom is -0.308 e. The molecule has 1 heterocycles. The van der Waals surface area contributed by atoms with Gasteiger partial charge >= 0.3 is 0 Å². The van der Waals surface area contributed by atoms with Gasteiger partial charge in [-0.2, -0.15) is 0 Å². The van der Waals surface area contributed by atoms with Crippen molar-refractivity contribution >= 4 is 0 Å². The van der Waals surface area contributed by atoms with Crippen molar-refractivity contribution < 1.29 is 0 Å². The van der Waals surface area contributed by atoms with Crippen molar-refractivity contribution in [2.45, 2.75) is 19.3 Å². The minimum absolute atomic E-state index is 0.937. The lowest BCUT2D eigenvalue weighted by Crippen LogP contribution is -2.33. The molecular weight excluding hydrogens is 162 g/mol. The van der Waals surface area contributed by atoms with E-state index in [9.17, 15) is 0 Å². The molecule has 2 N–H and O–H groups in total. The Kier molecular flexibility index (Phi) is 5.35. The van der Waals surface area contributed by atoms with Gasteiger partial charge in [0.1, 0.15) is 0 Å². The third-order valence-corrected chi connectivity index (χ3v) is 2.87. The Hall–Kier alpha value is -0.120. The molecule has 3 heteroatoms. The first-order valence-electron chi connectivity index (χ1n) is 5.37. The molecule has 0 aromatic rings. The Morgan fingerprint density at radius 3 is 2.62 bits per heavy atom. The van der Waals surface area contributed by atoms with Crippen LogP contribution in [0.3, 0.4) is 0 Å². The molecule has 0 aliphatic carbocycles. The molecule has 0 amide bonds. The first-order chi connectivity index (χ1) is 6.33. The number of hydrogen-bond acceptors (Lipinski definition) is 3. The molecule has 13 heavy (non-hydrogen) atoms. The molecule has 1 aliphatic heterocycles. The van der Waals surface area contributed by atoms with Gasteiger partial charge in [-0.1, -0.05) is 0 Å². The van der Waals surface area contributed by atoms with Crippen molar-refractivity contribution in [1.29, 1.82) is 0 Å². The fraction of sp³-hybridized carbons (Fsp3) is 1.00. The van der Waals surface area contributed by atoms with Crippen molar-refractivity contribution in [2.75, 3.05) is 40.4 Å². The van der Waals surface area contributed by atoms with Gasteiger partial charge in [0, 0.05) is 6.67 Å². The normalized spacial score (nSPS) is 20.8. The van der Waals surface area contributed by atoms with Gasteiger partial charge in [-0.25, -0.2) is 0 Å². The number of likely N-dealkylation sites (tertiary alicyclic amines) is 1. The predicted octanol–water partition coefficient (Wildman–Crippen LogP) is 0.485. The molecule has 0 aromatic carbocycles. The van der Waals surface area contributed by atoms with E-state index in [0.29, 0.717) is 0 Å². The maximum atomic E-state index is 3.37. The topological polar surface area (TPSA) is 27.3 Å². The average molecular weight is 185 g/mol. The Bertz CT molecular complexity index is 119. The molecule has 78 valence electrons. The standard InChI is InChI=1S/C10H23N3/c1-11-9-12-6-3-10-4-7-13(2)8-5-10/h10-12H,3-9H2,1-2H3. The SMILES string of the molecule is CNCNCCC1CCN(C)CC1. The van der Waals surface area contributed by atoms with E-state index in [2.05, 4.69) is 22.6 Å². The van der Waals surface area contributed by atoms with E-state index >= 15 is 0 Å². The molecule has 3 nitrogen and oxygen atoms in total. The average Bonchev–Trinajstić information content (AvgIpc) is 2.15. The Morgan fingerprint density at radius 2 is 2.00 bits per heavy atom. The molecule has 1 rings (SSSR count). The van der Waals surface area contributed by atoms with Crippen molar-refractivity contribution in [2.24, 2.45) is 5.92 Å². The quantitative estimate of drug-likeness (QED) is 0.482. The molecule has 0 aromatic heterocycles. The summed E-state index contributed by atoms with van der Waals surface area (Å²) in [6.45, 7) is 4.68. The van der Waals surface area contributed by atoms with Crippen LogP contribution in [-0.4, -0.2) is 45.3 Å². The number of nitrogens with zero attached hydrogens (tertiary/aromatic N) is 1.